The molecule has 4 rings (SSSR count). The zero-order chi connectivity index (χ0) is 25.9. The van der Waals surface area contributed by atoms with E-state index in [1.807, 2.05) is 0 Å². The Labute approximate surface area is 205 Å². The van der Waals surface area contributed by atoms with Crippen molar-refractivity contribution in [2.45, 2.75) is 6.36 Å². The standard InChI is InChI=1S/C22H14ClF3N6O4/c1-27-20(34)17-10-13(6-7-28-17)35-12-3-4-15-16(9-12)29-21(32-31-15)30-19(33)11-2-5-18(14(23)8-11)36-22(24,25)26/h2-10H,1H3,(H,27,34)(H,29,30,32,33). The zero-order valence-electron chi connectivity index (χ0n) is 18.1. The number of benzene rings is 2. The first-order valence-electron chi connectivity index (χ1n) is 9.98. The van der Waals surface area contributed by atoms with E-state index in [-0.39, 0.29) is 23.1 Å². The maximum absolute atomic E-state index is 12.5. The van der Waals surface area contributed by atoms with Crippen molar-refractivity contribution >= 4 is 40.4 Å². The molecule has 0 radical (unpaired) electrons. The van der Waals surface area contributed by atoms with E-state index in [0.29, 0.717) is 22.5 Å². The van der Waals surface area contributed by atoms with Crippen molar-refractivity contribution in [1.29, 1.82) is 0 Å². The van der Waals surface area contributed by atoms with Gasteiger partial charge in [-0.1, -0.05) is 11.6 Å². The lowest BCUT2D eigenvalue weighted by Crippen LogP contribution is -2.18. The van der Waals surface area contributed by atoms with Crippen LogP contribution in [0.15, 0.2) is 54.7 Å². The summed E-state index contributed by atoms with van der Waals surface area (Å²) in [5, 5.41) is 12.3. The lowest BCUT2D eigenvalue weighted by molar-refractivity contribution is -0.274. The van der Waals surface area contributed by atoms with Gasteiger partial charge in [-0.3, -0.25) is 19.9 Å². The molecule has 0 saturated carbocycles. The molecule has 2 N–H and O–H groups in total. The number of amides is 2. The van der Waals surface area contributed by atoms with Crippen molar-refractivity contribution in [1.82, 2.24) is 25.5 Å². The number of rotatable bonds is 6. The number of halogens is 4. The van der Waals surface area contributed by atoms with E-state index < -0.39 is 23.0 Å². The summed E-state index contributed by atoms with van der Waals surface area (Å²) >= 11 is 5.79. The molecule has 10 nitrogen and oxygen atoms in total. The summed E-state index contributed by atoms with van der Waals surface area (Å²) in [6.45, 7) is 0. The summed E-state index contributed by atoms with van der Waals surface area (Å²) < 4.78 is 46.7. The van der Waals surface area contributed by atoms with E-state index >= 15 is 0 Å². The van der Waals surface area contributed by atoms with Gasteiger partial charge in [-0.15, -0.1) is 23.4 Å². The van der Waals surface area contributed by atoms with E-state index in [2.05, 4.69) is 35.5 Å². The van der Waals surface area contributed by atoms with Crippen LogP contribution in [-0.2, 0) is 0 Å². The summed E-state index contributed by atoms with van der Waals surface area (Å²) in [6.07, 6.45) is -3.50. The van der Waals surface area contributed by atoms with Gasteiger partial charge in [-0.2, -0.15) is 0 Å². The number of carbonyl (C=O) groups excluding carboxylic acids is 2. The van der Waals surface area contributed by atoms with E-state index in [1.54, 1.807) is 24.3 Å². The molecule has 184 valence electrons. The maximum Gasteiger partial charge on any atom is 0.573 e. The predicted molar refractivity (Wildman–Crippen MR) is 121 cm³/mol. The Bertz CT molecular complexity index is 1470. The molecule has 2 amide bonds. The molecule has 0 atom stereocenters. The van der Waals surface area contributed by atoms with Crippen LogP contribution in [0, 0.1) is 0 Å². The number of anilines is 1. The number of fused-ring (bicyclic) bond motifs is 1. The highest BCUT2D eigenvalue weighted by atomic mass is 35.5. The highest BCUT2D eigenvalue weighted by Gasteiger charge is 2.32. The zero-order valence-corrected chi connectivity index (χ0v) is 18.9. The van der Waals surface area contributed by atoms with E-state index in [1.165, 1.54) is 19.3 Å². The lowest BCUT2D eigenvalue weighted by Gasteiger charge is -2.11. The Hall–Kier alpha value is -4.52. The van der Waals surface area contributed by atoms with E-state index in [9.17, 15) is 22.8 Å². The van der Waals surface area contributed by atoms with Crippen LogP contribution in [0.5, 0.6) is 17.2 Å². The fraction of sp³-hybridized carbons (Fsp3) is 0.0909. The molecule has 0 aliphatic carbocycles. The molecule has 2 aromatic heterocycles. The van der Waals surface area contributed by atoms with Crippen LogP contribution in [0.3, 0.4) is 0 Å². The fourth-order valence-corrected chi connectivity index (χ4v) is 3.14. The van der Waals surface area contributed by atoms with Gasteiger partial charge < -0.3 is 14.8 Å². The molecule has 14 heteroatoms. The number of carbonyl (C=O) groups is 2. The van der Waals surface area contributed by atoms with Crippen LogP contribution >= 0.6 is 11.6 Å². The van der Waals surface area contributed by atoms with Gasteiger partial charge in [0.15, 0.2) is 0 Å². The topological polar surface area (TPSA) is 128 Å². The Balaban J connectivity index is 1.51. The van der Waals surface area contributed by atoms with Crippen LogP contribution in [0.4, 0.5) is 19.1 Å². The first-order valence-corrected chi connectivity index (χ1v) is 10.4. The maximum atomic E-state index is 12.5. The molecule has 0 saturated heterocycles. The Morgan fingerprint density at radius 2 is 1.72 bits per heavy atom. The third-order valence-electron chi connectivity index (χ3n) is 4.50. The Kier molecular flexibility index (Phi) is 6.83. The Morgan fingerprint density at radius 3 is 2.44 bits per heavy atom. The van der Waals surface area contributed by atoms with Crippen molar-refractivity contribution < 1.29 is 32.2 Å². The van der Waals surface area contributed by atoms with Crippen molar-refractivity contribution in [3.05, 3.63) is 71.0 Å². The average Bonchev–Trinajstić information content (AvgIpc) is 2.84. The minimum absolute atomic E-state index is 0.0556. The SMILES string of the molecule is CNC(=O)c1cc(Oc2ccc3nnc(NC(=O)c4ccc(OC(F)(F)F)c(Cl)c4)nc3c2)ccn1. The van der Waals surface area contributed by atoms with Gasteiger partial charge >= 0.3 is 6.36 Å². The average molecular weight is 519 g/mol. The molecule has 2 aromatic carbocycles. The molecule has 0 spiro atoms. The van der Waals surface area contributed by atoms with E-state index in [4.69, 9.17) is 16.3 Å². The van der Waals surface area contributed by atoms with E-state index in [0.717, 1.165) is 18.2 Å². The number of alkyl halides is 3. The third-order valence-corrected chi connectivity index (χ3v) is 4.79. The summed E-state index contributed by atoms with van der Waals surface area (Å²) in [6, 6.07) is 10.8. The number of aromatic nitrogens is 4. The van der Waals surface area contributed by atoms with Crippen molar-refractivity contribution in [2.24, 2.45) is 0 Å². The summed E-state index contributed by atoms with van der Waals surface area (Å²) in [5.74, 6) is -1.20. The largest absolute Gasteiger partial charge is 0.573 e. The predicted octanol–water partition coefficient (Wildman–Crippen LogP) is 4.38. The molecule has 36 heavy (non-hydrogen) atoms. The molecule has 0 aliphatic rings. The molecule has 4 aromatic rings. The van der Waals surface area contributed by atoms with Crippen molar-refractivity contribution in [3.8, 4) is 17.2 Å². The summed E-state index contributed by atoms with van der Waals surface area (Å²) in [5.41, 5.74) is 0.839. The summed E-state index contributed by atoms with van der Waals surface area (Å²) in [4.78, 5) is 32.5. The van der Waals surface area contributed by atoms with Crippen molar-refractivity contribution in [3.63, 3.8) is 0 Å². The number of hydrogen-bond donors (Lipinski definition) is 2. The first-order chi connectivity index (χ1) is 17.1. The molecule has 0 bridgehead atoms. The van der Waals surface area contributed by atoms with Crippen LogP contribution in [0.25, 0.3) is 11.0 Å². The van der Waals surface area contributed by atoms with Gasteiger partial charge in [0.2, 0.25) is 5.95 Å². The number of pyridine rings is 1. The van der Waals surface area contributed by atoms with Gasteiger partial charge in [0, 0.05) is 30.9 Å². The smallest absolute Gasteiger partial charge is 0.457 e. The molecular weight excluding hydrogens is 505 g/mol. The fourth-order valence-electron chi connectivity index (χ4n) is 2.92. The second-order valence-electron chi connectivity index (χ2n) is 6.99. The minimum Gasteiger partial charge on any atom is -0.457 e. The van der Waals surface area contributed by atoms with Gasteiger partial charge in [0.05, 0.1) is 10.5 Å². The monoisotopic (exact) mass is 518 g/mol. The molecule has 2 heterocycles. The van der Waals surface area contributed by atoms with Crippen LogP contribution in [0.1, 0.15) is 20.8 Å². The molecular formula is C22H14ClF3N6O4. The highest BCUT2D eigenvalue weighted by molar-refractivity contribution is 6.32. The molecule has 0 fully saturated rings. The highest BCUT2D eigenvalue weighted by Crippen LogP contribution is 2.31. The van der Waals surface area contributed by atoms with Gasteiger partial charge in [-0.05, 0) is 36.4 Å². The normalized spacial score (nSPS) is 11.1. The van der Waals surface area contributed by atoms with Gasteiger partial charge in [0.25, 0.3) is 11.8 Å². The second kappa shape index (κ2) is 10.00. The van der Waals surface area contributed by atoms with Crippen molar-refractivity contribution in [2.75, 3.05) is 12.4 Å². The van der Waals surface area contributed by atoms with Crippen LogP contribution < -0.4 is 20.1 Å². The van der Waals surface area contributed by atoms with Gasteiger partial charge in [-0.25, -0.2) is 4.98 Å². The number of ether oxygens (including phenoxy) is 2. The van der Waals surface area contributed by atoms with Crippen LogP contribution in [0.2, 0.25) is 5.02 Å². The number of nitrogens with zero attached hydrogens (tertiary/aromatic N) is 4. The lowest BCUT2D eigenvalue weighted by atomic mass is 10.2. The first kappa shape index (κ1) is 24.6. The van der Waals surface area contributed by atoms with Crippen LogP contribution in [-0.4, -0.2) is 45.4 Å². The number of nitrogens with one attached hydrogen (secondary N) is 2. The molecule has 0 aliphatic heterocycles. The second-order valence-corrected chi connectivity index (χ2v) is 7.40. The number of hydrogen-bond acceptors (Lipinski definition) is 8. The quantitative estimate of drug-likeness (QED) is 0.385. The minimum atomic E-state index is -4.93. The van der Waals surface area contributed by atoms with Gasteiger partial charge in [0.1, 0.15) is 28.5 Å². The molecule has 0 unspecified atom stereocenters. The third kappa shape index (κ3) is 5.93. The Morgan fingerprint density at radius 1 is 0.944 bits per heavy atom. The summed E-state index contributed by atoms with van der Waals surface area (Å²) in [7, 11) is 1.48.